The van der Waals surface area contributed by atoms with Crippen molar-refractivity contribution in [1.29, 1.82) is 0 Å². The maximum Gasteiger partial charge on any atom is 0.348 e. The van der Waals surface area contributed by atoms with Crippen LogP contribution in [0.25, 0.3) is 6.08 Å². The average Bonchev–Trinajstić information content (AvgIpc) is 2.95. The Balaban J connectivity index is 2.20. The van der Waals surface area contributed by atoms with E-state index < -0.39 is 17.8 Å². The Bertz CT molecular complexity index is 980. The summed E-state index contributed by atoms with van der Waals surface area (Å²) in [6.07, 6.45) is 2.75. The molecular formula is C23H28N2O4S. The topological polar surface area (TPSA) is 98.5 Å². The fourth-order valence-corrected chi connectivity index (χ4v) is 3.88. The van der Waals surface area contributed by atoms with Crippen LogP contribution in [-0.2, 0) is 14.9 Å². The van der Waals surface area contributed by atoms with Crippen LogP contribution < -0.4 is 11.1 Å². The van der Waals surface area contributed by atoms with Gasteiger partial charge in [-0.2, -0.15) is 0 Å². The average molecular weight is 429 g/mol. The highest BCUT2D eigenvalue weighted by Crippen LogP contribution is 2.33. The summed E-state index contributed by atoms with van der Waals surface area (Å²) < 4.78 is 5.20. The van der Waals surface area contributed by atoms with Crippen molar-refractivity contribution in [3.63, 3.8) is 0 Å². The predicted octanol–water partition coefficient (Wildman–Crippen LogP) is 4.67. The lowest BCUT2D eigenvalue weighted by Crippen LogP contribution is -2.16. The highest BCUT2D eigenvalue weighted by Gasteiger charge is 2.25. The molecule has 0 aliphatic rings. The number of carbonyl (C=O) groups is 3. The van der Waals surface area contributed by atoms with Gasteiger partial charge in [-0.05, 0) is 49.0 Å². The van der Waals surface area contributed by atoms with Gasteiger partial charge in [0.15, 0.2) is 0 Å². The summed E-state index contributed by atoms with van der Waals surface area (Å²) in [5.74, 6) is -1.70. The third-order valence-electron chi connectivity index (χ3n) is 4.36. The molecule has 2 aromatic rings. The number of anilines is 1. The molecule has 0 spiro atoms. The number of hydrogen-bond donors (Lipinski definition) is 2. The minimum Gasteiger partial charge on any atom is -0.459 e. The molecule has 7 heteroatoms. The molecule has 0 fully saturated rings. The summed E-state index contributed by atoms with van der Waals surface area (Å²) in [5, 5.41) is 2.88. The Labute approximate surface area is 181 Å². The van der Waals surface area contributed by atoms with Gasteiger partial charge in [-0.25, -0.2) is 4.79 Å². The first kappa shape index (κ1) is 23.3. The first-order chi connectivity index (χ1) is 13.9. The first-order valence-electron chi connectivity index (χ1n) is 9.64. The maximum atomic E-state index is 12.4. The molecule has 1 heterocycles. The van der Waals surface area contributed by atoms with E-state index in [4.69, 9.17) is 10.5 Å². The van der Waals surface area contributed by atoms with Crippen molar-refractivity contribution in [2.75, 3.05) is 5.32 Å². The molecule has 0 radical (unpaired) electrons. The van der Waals surface area contributed by atoms with Gasteiger partial charge in [-0.3, -0.25) is 9.59 Å². The van der Waals surface area contributed by atoms with Crippen LogP contribution >= 0.6 is 11.3 Å². The normalized spacial score (nSPS) is 11.7. The highest BCUT2D eigenvalue weighted by atomic mass is 32.1. The Hall–Kier alpha value is -2.93. The van der Waals surface area contributed by atoms with E-state index in [1.807, 2.05) is 24.3 Å². The molecule has 6 nitrogen and oxygen atoms in total. The lowest BCUT2D eigenvalue weighted by atomic mass is 9.87. The Morgan fingerprint density at radius 2 is 1.73 bits per heavy atom. The number of esters is 1. The molecule has 3 N–H and O–H groups in total. The second-order valence-electron chi connectivity index (χ2n) is 8.27. The summed E-state index contributed by atoms with van der Waals surface area (Å²) in [6, 6.07) is 7.93. The van der Waals surface area contributed by atoms with Crippen LogP contribution in [0.2, 0.25) is 0 Å². The molecule has 0 bridgehead atoms. The molecule has 2 amide bonds. The number of thiophene rings is 1. The molecule has 0 aliphatic heterocycles. The van der Waals surface area contributed by atoms with Crippen LogP contribution in [0.15, 0.2) is 30.3 Å². The van der Waals surface area contributed by atoms with Gasteiger partial charge in [0, 0.05) is 6.08 Å². The van der Waals surface area contributed by atoms with Gasteiger partial charge in [0.1, 0.15) is 9.88 Å². The second-order valence-corrected chi connectivity index (χ2v) is 9.29. The molecule has 2 rings (SSSR count). The Kier molecular flexibility index (Phi) is 7.21. The summed E-state index contributed by atoms with van der Waals surface area (Å²) >= 11 is 0.978. The van der Waals surface area contributed by atoms with Crippen molar-refractivity contribution in [3.05, 3.63) is 57.5 Å². The van der Waals surface area contributed by atoms with Gasteiger partial charge in [0.05, 0.1) is 11.7 Å². The van der Waals surface area contributed by atoms with Crippen LogP contribution in [-0.4, -0.2) is 23.9 Å². The van der Waals surface area contributed by atoms with Crippen LogP contribution in [0, 0.1) is 6.92 Å². The molecular weight excluding hydrogens is 400 g/mol. The second kappa shape index (κ2) is 9.26. The van der Waals surface area contributed by atoms with Crippen LogP contribution in [0.4, 0.5) is 5.00 Å². The lowest BCUT2D eigenvalue weighted by Gasteiger charge is -2.18. The number of carbonyl (C=O) groups excluding carboxylic acids is 3. The van der Waals surface area contributed by atoms with Crippen molar-refractivity contribution in [1.82, 2.24) is 0 Å². The molecule has 0 unspecified atom stereocenters. The predicted molar refractivity (Wildman–Crippen MR) is 121 cm³/mol. The number of hydrogen-bond acceptors (Lipinski definition) is 5. The van der Waals surface area contributed by atoms with E-state index in [1.165, 1.54) is 11.6 Å². The van der Waals surface area contributed by atoms with E-state index in [9.17, 15) is 14.4 Å². The van der Waals surface area contributed by atoms with Crippen molar-refractivity contribution < 1.29 is 19.1 Å². The van der Waals surface area contributed by atoms with Gasteiger partial charge < -0.3 is 15.8 Å². The van der Waals surface area contributed by atoms with Crippen LogP contribution in [0.3, 0.4) is 0 Å². The van der Waals surface area contributed by atoms with Gasteiger partial charge in [-0.1, -0.05) is 45.0 Å². The molecule has 160 valence electrons. The van der Waals surface area contributed by atoms with E-state index in [0.29, 0.717) is 5.56 Å². The number of ether oxygens (including phenoxy) is 1. The van der Waals surface area contributed by atoms with Gasteiger partial charge in [0.2, 0.25) is 5.91 Å². The SMILES string of the molecule is Cc1c(C(=O)OC(C)C)sc(NC(=O)/C=C/c2ccc(C(C)(C)C)cc2)c1C(N)=O. The molecule has 1 aromatic carbocycles. The van der Waals surface area contributed by atoms with E-state index in [2.05, 4.69) is 26.1 Å². The monoisotopic (exact) mass is 428 g/mol. The minimum atomic E-state index is -0.718. The number of nitrogens with one attached hydrogen (secondary N) is 1. The van der Waals surface area contributed by atoms with Crippen molar-refractivity contribution in [3.8, 4) is 0 Å². The highest BCUT2D eigenvalue weighted by molar-refractivity contribution is 7.18. The third-order valence-corrected chi connectivity index (χ3v) is 5.55. The van der Waals surface area contributed by atoms with E-state index in [-0.39, 0.29) is 27.0 Å². The standard InChI is InChI=1S/C23H28N2O4S/c1-13(2)29-22(28)19-14(3)18(20(24)27)21(30-19)25-17(26)12-9-15-7-10-16(11-8-15)23(4,5)6/h7-13H,1-6H3,(H2,24,27)(H,25,26)/b12-9+. The summed E-state index contributed by atoms with van der Waals surface area (Å²) in [5.41, 5.74) is 8.11. The lowest BCUT2D eigenvalue weighted by molar-refractivity contribution is -0.111. The summed E-state index contributed by atoms with van der Waals surface area (Å²) in [4.78, 5) is 36.8. The zero-order chi connectivity index (χ0) is 22.6. The van der Waals surface area contributed by atoms with Gasteiger partial charge in [-0.15, -0.1) is 11.3 Å². The van der Waals surface area contributed by atoms with E-state index >= 15 is 0 Å². The third kappa shape index (κ3) is 5.79. The summed E-state index contributed by atoms with van der Waals surface area (Å²) in [6.45, 7) is 11.5. The fraction of sp³-hybridized carbons (Fsp3) is 0.348. The molecule has 0 atom stereocenters. The fourth-order valence-electron chi connectivity index (χ4n) is 2.78. The Morgan fingerprint density at radius 1 is 1.13 bits per heavy atom. The van der Waals surface area contributed by atoms with E-state index in [0.717, 1.165) is 16.9 Å². The quantitative estimate of drug-likeness (QED) is 0.516. The summed E-state index contributed by atoms with van der Waals surface area (Å²) in [7, 11) is 0. The van der Waals surface area contributed by atoms with Gasteiger partial charge >= 0.3 is 5.97 Å². The van der Waals surface area contributed by atoms with Crippen molar-refractivity contribution >= 4 is 40.2 Å². The largest absolute Gasteiger partial charge is 0.459 e. The Morgan fingerprint density at radius 3 is 2.23 bits per heavy atom. The van der Waals surface area contributed by atoms with Gasteiger partial charge in [0.25, 0.3) is 5.91 Å². The zero-order valence-electron chi connectivity index (χ0n) is 18.2. The van der Waals surface area contributed by atoms with E-state index in [1.54, 1.807) is 26.8 Å². The number of benzene rings is 1. The van der Waals surface area contributed by atoms with Crippen LogP contribution in [0.5, 0.6) is 0 Å². The zero-order valence-corrected chi connectivity index (χ0v) is 19.0. The number of primary amides is 1. The molecule has 0 saturated heterocycles. The van der Waals surface area contributed by atoms with Crippen molar-refractivity contribution in [2.45, 2.75) is 53.1 Å². The molecule has 30 heavy (non-hydrogen) atoms. The van der Waals surface area contributed by atoms with Crippen LogP contribution in [0.1, 0.15) is 71.3 Å². The molecule has 1 aromatic heterocycles. The minimum absolute atomic E-state index is 0.0518. The smallest absolute Gasteiger partial charge is 0.348 e. The molecule has 0 aliphatic carbocycles. The van der Waals surface area contributed by atoms with Crippen molar-refractivity contribution in [2.24, 2.45) is 5.73 Å². The number of rotatable bonds is 6. The maximum absolute atomic E-state index is 12.4. The number of amides is 2. The molecule has 0 saturated carbocycles. The first-order valence-corrected chi connectivity index (χ1v) is 10.5. The number of nitrogens with two attached hydrogens (primary N) is 1.